The molecule has 0 saturated carbocycles. The molecular formula is C42H52N12O8S2. The summed E-state index contributed by atoms with van der Waals surface area (Å²) in [7, 11) is 0. The largest absolute Gasteiger partial charge is 0.480 e. The van der Waals surface area contributed by atoms with Crippen LogP contribution in [0, 0.1) is 0 Å². The van der Waals surface area contributed by atoms with Crippen LogP contribution in [0.3, 0.4) is 0 Å². The molecule has 340 valence electrons. The number of nitrogens with one attached hydrogen (secondary N) is 2. The number of unbranched alkanes of at least 4 members (excludes halogenated alkanes) is 2. The second-order valence-corrected chi connectivity index (χ2v) is 15.4. The molecule has 4 aromatic heterocycles. The summed E-state index contributed by atoms with van der Waals surface area (Å²) in [5.74, 6) is -0.707. The summed E-state index contributed by atoms with van der Waals surface area (Å²) < 4.78 is 13.8. The van der Waals surface area contributed by atoms with Gasteiger partial charge in [0.15, 0.2) is 22.9 Å². The Hall–Kier alpha value is -6.42. The Labute approximate surface area is 377 Å². The number of nitrogen functional groups attached to an aromatic ring is 2. The zero-order chi connectivity index (χ0) is 46.0. The number of nitrogens with two attached hydrogens (primary N) is 3. The topological polar surface area (TPSA) is 314 Å². The van der Waals surface area contributed by atoms with Crippen molar-refractivity contribution < 1.29 is 29.6 Å². The summed E-state index contributed by atoms with van der Waals surface area (Å²) in [4.78, 5) is 62.7. The first-order chi connectivity index (χ1) is 30.9. The van der Waals surface area contributed by atoms with Gasteiger partial charge in [0, 0.05) is 26.1 Å². The van der Waals surface area contributed by atoms with Gasteiger partial charge >= 0.3 is 29.4 Å². The molecule has 64 heavy (non-hydrogen) atoms. The van der Waals surface area contributed by atoms with Gasteiger partial charge < -0.3 is 52.0 Å². The second kappa shape index (κ2) is 24.4. The van der Waals surface area contributed by atoms with Crippen molar-refractivity contribution >= 4 is 74.4 Å². The van der Waals surface area contributed by atoms with E-state index in [2.05, 4.69) is 52.3 Å². The van der Waals surface area contributed by atoms with Gasteiger partial charge in [-0.05, 0) is 71.4 Å². The number of aromatic nitrogens is 8. The number of aliphatic hydroxyl groups is 2. The van der Waals surface area contributed by atoms with Crippen LogP contribution in [-0.2, 0) is 30.8 Å². The number of aliphatic imine (C=N–C) groups is 1. The maximum atomic E-state index is 12.6. The number of carboxylic acids is 1. The summed E-state index contributed by atoms with van der Waals surface area (Å²) in [5, 5.41) is 28.9. The molecule has 0 aliphatic rings. The Balaban J connectivity index is 0.000000253. The van der Waals surface area contributed by atoms with E-state index in [1.807, 2.05) is 48.5 Å². The summed E-state index contributed by atoms with van der Waals surface area (Å²) in [6.45, 7) is 1.55. The fourth-order valence-corrected chi connectivity index (χ4v) is 6.70. The number of nitrogens with zero attached hydrogens (tertiary/aromatic N) is 7. The van der Waals surface area contributed by atoms with Crippen LogP contribution in [0.25, 0.3) is 22.3 Å². The molecule has 0 aliphatic heterocycles. The normalized spacial score (nSPS) is 11.5. The summed E-state index contributed by atoms with van der Waals surface area (Å²) in [5.41, 5.74) is 22.1. The number of carbonyl (C=O) groups is 1. The van der Waals surface area contributed by atoms with Crippen LogP contribution in [0.1, 0.15) is 73.6 Å². The van der Waals surface area contributed by atoms with E-state index >= 15 is 0 Å². The van der Waals surface area contributed by atoms with Crippen LogP contribution in [0.4, 0.5) is 11.6 Å². The second-order valence-electron chi connectivity index (χ2n) is 14.7. The van der Waals surface area contributed by atoms with Crippen molar-refractivity contribution in [1.82, 2.24) is 39.0 Å². The third-order valence-corrected chi connectivity index (χ3v) is 10.4. The molecule has 0 radical (unpaired) electrons. The van der Waals surface area contributed by atoms with Crippen molar-refractivity contribution in [2.75, 3.05) is 37.9 Å². The number of isothiocyanates is 1. The van der Waals surface area contributed by atoms with Crippen LogP contribution < -0.4 is 38.1 Å². The number of aromatic amines is 2. The quantitative estimate of drug-likeness (QED) is 0.0245. The van der Waals surface area contributed by atoms with Crippen LogP contribution in [0.2, 0.25) is 0 Å². The maximum absolute atomic E-state index is 12.6. The number of aliphatic hydroxyl groups excluding tert-OH is 2. The summed E-state index contributed by atoms with van der Waals surface area (Å²) in [6.07, 6.45) is 6.47. The van der Waals surface area contributed by atoms with Crippen molar-refractivity contribution in [3.8, 4) is 12.0 Å². The Kier molecular flexibility index (Phi) is 18.6. The number of hydrogen-bond acceptors (Lipinski definition) is 17. The van der Waals surface area contributed by atoms with Gasteiger partial charge in [0.2, 0.25) is 0 Å². The highest BCUT2D eigenvalue weighted by Gasteiger charge is 2.17. The number of aryl methyl sites for hydroxylation is 1. The molecule has 0 bridgehead atoms. The van der Waals surface area contributed by atoms with E-state index < -0.39 is 12.0 Å². The van der Waals surface area contributed by atoms with Crippen molar-refractivity contribution in [1.29, 1.82) is 0 Å². The minimum Gasteiger partial charge on any atom is -0.480 e. The highest BCUT2D eigenvalue weighted by molar-refractivity contribution is 7.80. The lowest BCUT2D eigenvalue weighted by Crippen LogP contribution is -2.29. The molecule has 20 nitrogen and oxygen atoms in total. The van der Waals surface area contributed by atoms with Gasteiger partial charge in [0.25, 0.3) is 0 Å². The van der Waals surface area contributed by atoms with E-state index in [4.69, 9.17) is 54.2 Å². The Morgan fingerprint density at radius 3 is 1.69 bits per heavy atom. The van der Waals surface area contributed by atoms with Crippen molar-refractivity contribution in [2.45, 2.75) is 83.5 Å². The van der Waals surface area contributed by atoms with E-state index in [1.165, 1.54) is 9.13 Å². The average Bonchev–Trinajstić information content (AvgIpc) is 3.77. The molecular weight excluding hydrogens is 865 g/mol. The van der Waals surface area contributed by atoms with E-state index in [0.29, 0.717) is 61.2 Å². The molecule has 0 amide bonds. The first-order valence-electron chi connectivity index (χ1n) is 20.6. The summed E-state index contributed by atoms with van der Waals surface area (Å²) in [6, 6.07) is 15.0. The lowest BCUT2D eigenvalue weighted by molar-refractivity contribution is -0.138. The SMILES string of the molecule is Nc1nc(OCCCO)nc2c1[nH]c(=O)n2Cc1ccc(CCC(=S)CCCCCC(N)C(=O)O)cc1.Nc1nc(OCCCO)nc2c1[nH]c(=O)n2Cc1ccc(CN=C=S)cc1. The number of anilines is 2. The third-order valence-electron chi connectivity index (χ3n) is 9.86. The number of H-pyrrole nitrogens is 2. The summed E-state index contributed by atoms with van der Waals surface area (Å²) >= 11 is 10.1. The van der Waals surface area contributed by atoms with Crippen LogP contribution in [0.15, 0.2) is 63.1 Å². The number of benzene rings is 2. The number of rotatable bonds is 24. The van der Waals surface area contributed by atoms with E-state index in [0.717, 1.165) is 65.6 Å². The van der Waals surface area contributed by atoms with Crippen LogP contribution >= 0.6 is 24.4 Å². The maximum Gasteiger partial charge on any atom is 0.328 e. The molecule has 4 heterocycles. The zero-order valence-corrected chi connectivity index (χ0v) is 36.7. The lowest BCUT2D eigenvalue weighted by Gasteiger charge is -2.08. The Morgan fingerprint density at radius 1 is 0.734 bits per heavy atom. The number of thiocarbonyl (C=S) groups is 2. The minimum absolute atomic E-state index is 0.00162. The molecule has 6 aromatic rings. The van der Waals surface area contributed by atoms with Gasteiger partial charge in [-0.3, -0.25) is 13.9 Å². The van der Waals surface area contributed by atoms with Gasteiger partial charge in [-0.2, -0.15) is 19.9 Å². The fraction of sp³-hybridized carbons (Fsp3) is 0.405. The molecule has 0 saturated heterocycles. The number of ether oxygens (including phenoxy) is 2. The monoisotopic (exact) mass is 916 g/mol. The van der Waals surface area contributed by atoms with E-state index in [9.17, 15) is 14.4 Å². The highest BCUT2D eigenvalue weighted by atomic mass is 32.1. The predicted molar refractivity (Wildman–Crippen MR) is 249 cm³/mol. The van der Waals surface area contributed by atoms with E-state index in [-0.39, 0.29) is 61.5 Å². The van der Waals surface area contributed by atoms with Gasteiger partial charge in [-0.15, -0.1) is 0 Å². The number of imidazole rings is 2. The Bertz CT molecular complexity index is 2660. The first-order valence-corrected chi connectivity index (χ1v) is 21.4. The average molecular weight is 917 g/mol. The van der Waals surface area contributed by atoms with Gasteiger partial charge in [-0.25, -0.2) is 14.6 Å². The number of aliphatic carboxylic acids is 1. The minimum atomic E-state index is -0.956. The van der Waals surface area contributed by atoms with Gasteiger partial charge in [0.05, 0.1) is 38.0 Å². The molecule has 1 atom stereocenters. The fourth-order valence-electron chi connectivity index (χ4n) is 6.39. The lowest BCUT2D eigenvalue weighted by atomic mass is 10.0. The number of hydrogen-bond donors (Lipinski definition) is 8. The Morgan fingerprint density at radius 2 is 1.22 bits per heavy atom. The van der Waals surface area contributed by atoms with Crippen molar-refractivity contribution in [3.05, 3.63) is 91.8 Å². The first kappa shape index (κ1) is 48.6. The smallest absolute Gasteiger partial charge is 0.328 e. The van der Waals surface area contributed by atoms with Crippen molar-refractivity contribution in [3.63, 3.8) is 0 Å². The molecule has 0 fully saturated rings. The van der Waals surface area contributed by atoms with Crippen LogP contribution in [0.5, 0.6) is 12.0 Å². The van der Waals surface area contributed by atoms with E-state index in [1.54, 1.807) is 0 Å². The van der Waals surface area contributed by atoms with Gasteiger partial charge in [0.1, 0.15) is 17.1 Å². The standard InChI is InChI=1S/C25H34N6O5S.C17H18N6O3S/c26-19(23(33)34)6-3-1-2-5-18(37)12-11-16-7-9-17(10-8-16)15-31-22-20(28-25(31)35)21(27)29-24(30-22)36-14-4-13-32;18-14-13-15(22-16(21-14)26-7-1-6-24)23(17(25)20-13)9-12-4-2-11(3-5-12)8-19-10-27/h7-10,19,32H,1-6,11-15,26H2,(H,28,35)(H,33,34)(H2,27,29,30);2-5,24H,1,6-9H2,(H,20,25)(H2,18,21,22). The van der Waals surface area contributed by atoms with Crippen LogP contribution in [-0.4, -0.2) is 103 Å². The van der Waals surface area contributed by atoms with Crippen molar-refractivity contribution in [2.24, 2.45) is 10.7 Å². The molecule has 2 aromatic carbocycles. The van der Waals surface area contributed by atoms with Gasteiger partial charge in [-0.1, -0.05) is 73.6 Å². The molecule has 0 spiro atoms. The molecule has 11 N–H and O–H groups in total. The molecule has 1 unspecified atom stereocenters. The molecule has 0 aliphatic carbocycles. The number of carboxylic acid groups (broad SMARTS) is 1. The zero-order valence-electron chi connectivity index (χ0n) is 35.1. The third kappa shape index (κ3) is 14.0. The predicted octanol–water partition coefficient (Wildman–Crippen LogP) is 3.29. The molecule has 6 rings (SSSR count). The molecule has 22 heteroatoms. The highest BCUT2D eigenvalue weighted by Crippen LogP contribution is 2.21. The number of fused-ring (bicyclic) bond motifs is 2.